The summed E-state index contributed by atoms with van der Waals surface area (Å²) >= 11 is 11.3. The fraction of sp³-hybridized carbons (Fsp3) is 0.667. The first-order chi connectivity index (χ1) is 6.31. The van der Waals surface area contributed by atoms with Crippen molar-refractivity contribution in [1.29, 1.82) is 0 Å². The molecule has 1 unspecified atom stereocenters. The molecule has 0 spiro atoms. The second-order valence-electron chi connectivity index (χ2n) is 4.27. The zero-order valence-electron chi connectivity index (χ0n) is 8.27. The number of esters is 1. The number of halogens is 2. The molecule has 3 nitrogen and oxygen atoms in total. The van der Waals surface area contributed by atoms with Crippen molar-refractivity contribution < 1.29 is 14.3 Å². The highest BCUT2D eigenvalue weighted by Crippen LogP contribution is 2.30. The first-order valence-corrected chi connectivity index (χ1v) is 4.94. The Balaban J connectivity index is 2.54. The van der Waals surface area contributed by atoms with Crippen LogP contribution in [0.5, 0.6) is 0 Å². The molecule has 0 aromatic heterocycles. The lowest BCUT2D eigenvalue weighted by atomic mass is 9.99. The zero-order valence-corrected chi connectivity index (χ0v) is 9.78. The molecule has 0 fully saturated rings. The second-order valence-corrected chi connectivity index (χ2v) is 5.06. The lowest BCUT2D eigenvalue weighted by molar-refractivity contribution is -0.162. The maximum Gasteiger partial charge on any atom is 0.353 e. The monoisotopic (exact) mass is 238 g/mol. The number of hydrogen-bond donors (Lipinski definition) is 0. The normalized spacial score (nSPS) is 22.9. The minimum Gasteiger partial charge on any atom is -0.426 e. The molecular formula is C9H12Cl2O3. The van der Waals surface area contributed by atoms with E-state index in [9.17, 15) is 4.79 Å². The topological polar surface area (TPSA) is 35.5 Å². The van der Waals surface area contributed by atoms with E-state index in [4.69, 9.17) is 32.7 Å². The van der Waals surface area contributed by atoms with Crippen LogP contribution in [-0.4, -0.2) is 18.9 Å². The van der Waals surface area contributed by atoms with E-state index in [0.29, 0.717) is 6.61 Å². The average molecular weight is 239 g/mol. The van der Waals surface area contributed by atoms with Crippen molar-refractivity contribution >= 4 is 29.2 Å². The fourth-order valence-corrected chi connectivity index (χ4v) is 1.15. The highest BCUT2D eigenvalue weighted by molar-refractivity contribution is 6.48. The molecule has 1 aliphatic rings. The molecule has 0 aromatic rings. The van der Waals surface area contributed by atoms with Crippen molar-refractivity contribution in [1.82, 2.24) is 0 Å². The van der Waals surface area contributed by atoms with Crippen molar-refractivity contribution in [3.05, 3.63) is 10.1 Å². The lowest BCUT2D eigenvalue weighted by Gasteiger charge is -2.20. The highest BCUT2D eigenvalue weighted by atomic mass is 35.5. The van der Waals surface area contributed by atoms with Crippen LogP contribution in [0, 0.1) is 5.41 Å². The highest BCUT2D eigenvalue weighted by Gasteiger charge is 2.33. The number of rotatable bonds is 2. The van der Waals surface area contributed by atoms with Crippen molar-refractivity contribution in [3.8, 4) is 0 Å². The predicted octanol–water partition coefficient (Wildman–Crippen LogP) is 2.62. The van der Waals surface area contributed by atoms with E-state index in [0.717, 1.165) is 0 Å². The Labute approximate surface area is 93.0 Å². The third-order valence-corrected chi connectivity index (χ3v) is 2.30. The molecule has 1 aliphatic heterocycles. The maximum absolute atomic E-state index is 10.9. The summed E-state index contributed by atoms with van der Waals surface area (Å²) in [6.45, 7) is 6.44. The van der Waals surface area contributed by atoms with Gasteiger partial charge in [0.05, 0.1) is 6.61 Å². The number of ether oxygens (including phenoxy) is 2. The van der Waals surface area contributed by atoms with Gasteiger partial charge in [-0.15, -0.1) is 0 Å². The van der Waals surface area contributed by atoms with Gasteiger partial charge in [0, 0.05) is 0 Å². The van der Waals surface area contributed by atoms with Crippen LogP contribution in [0.4, 0.5) is 0 Å². The Hall–Kier alpha value is -0.250. The van der Waals surface area contributed by atoms with E-state index in [2.05, 4.69) is 0 Å². The Morgan fingerprint density at radius 3 is 2.36 bits per heavy atom. The van der Waals surface area contributed by atoms with Gasteiger partial charge in [0.25, 0.3) is 0 Å². The van der Waals surface area contributed by atoms with E-state index in [1.54, 1.807) is 0 Å². The predicted molar refractivity (Wildman–Crippen MR) is 54.0 cm³/mol. The summed E-state index contributed by atoms with van der Waals surface area (Å²) in [6, 6.07) is 0. The molecule has 80 valence electrons. The van der Waals surface area contributed by atoms with Gasteiger partial charge in [-0.05, 0) is 5.41 Å². The summed E-state index contributed by atoms with van der Waals surface area (Å²) < 4.78 is 10.1. The molecule has 0 radical (unpaired) electrons. The summed E-state index contributed by atoms with van der Waals surface area (Å²) in [4.78, 5) is 10.9. The standard InChI is InChI=1S/C9H12Cl2O3/c1-9(2,3)4-13-8-6(11)5(10)7(12)14-8/h8H,4H2,1-3H3. The Kier molecular flexibility index (Phi) is 3.45. The summed E-state index contributed by atoms with van der Waals surface area (Å²) in [5.74, 6) is -0.629. The van der Waals surface area contributed by atoms with Crippen LogP contribution in [0.2, 0.25) is 0 Å². The van der Waals surface area contributed by atoms with Gasteiger partial charge in [-0.3, -0.25) is 0 Å². The molecule has 1 atom stereocenters. The van der Waals surface area contributed by atoms with Crippen LogP contribution >= 0.6 is 23.2 Å². The quantitative estimate of drug-likeness (QED) is 0.695. The molecule has 0 amide bonds. The first kappa shape index (κ1) is 11.8. The van der Waals surface area contributed by atoms with Crippen molar-refractivity contribution in [3.63, 3.8) is 0 Å². The van der Waals surface area contributed by atoms with Crippen molar-refractivity contribution in [2.24, 2.45) is 5.41 Å². The first-order valence-electron chi connectivity index (χ1n) is 4.19. The Morgan fingerprint density at radius 1 is 1.43 bits per heavy atom. The van der Waals surface area contributed by atoms with Crippen molar-refractivity contribution in [2.45, 2.75) is 27.1 Å². The van der Waals surface area contributed by atoms with Gasteiger partial charge in [-0.25, -0.2) is 4.79 Å². The SMILES string of the molecule is CC(C)(C)COC1OC(=O)C(Cl)=C1Cl. The smallest absolute Gasteiger partial charge is 0.353 e. The van der Waals surface area contributed by atoms with E-state index in [1.165, 1.54) is 0 Å². The molecular weight excluding hydrogens is 227 g/mol. The number of cyclic esters (lactones) is 1. The Morgan fingerprint density at radius 2 is 2.00 bits per heavy atom. The Bertz CT molecular complexity index is 278. The molecule has 14 heavy (non-hydrogen) atoms. The summed E-state index contributed by atoms with van der Waals surface area (Å²) in [5, 5.41) is 0.0338. The van der Waals surface area contributed by atoms with Crippen LogP contribution in [0.15, 0.2) is 10.1 Å². The molecule has 0 saturated heterocycles. The van der Waals surface area contributed by atoms with Crippen LogP contribution in [0.1, 0.15) is 20.8 Å². The molecule has 0 aliphatic carbocycles. The van der Waals surface area contributed by atoms with Gasteiger partial charge in [0.2, 0.25) is 6.29 Å². The molecule has 1 rings (SSSR count). The molecule has 1 heterocycles. The van der Waals surface area contributed by atoms with Crippen molar-refractivity contribution in [2.75, 3.05) is 6.61 Å². The van der Waals surface area contributed by atoms with Gasteiger partial charge in [0.1, 0.15) is 10.1 Å². The van der Waals surface area contributed by atoms with E-state index in [1.807, 2.05) is 20.8 Å². The lowest BCUT2D eigenvalue weighted by Crippen LogP contribution is -2.22. The maximum atomic E-state index is 10.9. The number of carbonyl (C=O) groups is 1. The average Bonchev–Trinajstić information content (AvgIpc) is 2.28. The largest absolute Gasteiger partial charge is 0.426 e. The summed E-state index contributed by atoms with van der Waals surface area (Å²) in [7, 11) is 0. The number of hydrogen-bond acceptors (Lipinski definition) is 3. The van der Waals surface area contributed by atoms with E-state index in [-0.39, 0.29) is 15.5 Å². The van der Waals surface area contributed by atoms with Gasteiger partial charge in [-0.2, -0.15) is 0 Å². The van der Waals surface area contributed by atoms with E-state index >= 15 is 0 Å². The molecule has 5 heteroatoms. The van der Waals surface area contributed by atoms with Crippen LogP contribution < -0.4 is 0 Å². The zero-order chi connectivity index (χ0) is 10.9. The molecule has 0 saturated carbocycles. The summed E-state index contributed by atoms with van der Waals surface area (Å²) in [5.41, 5.74) is -0.0152. The number of carbonyl (C=O) groups excluding carboxylic acids is 1. The summed E-state index contributed by atoms with van der Waals surface area (Å²) in [6.07, 6.45) is -0.837. The van der Waals surface area contributed by atoms with Crippen LogP contribution in [0.3, 0.4) is 0 Å². The molecule has 0 bridgehead atoms. The minimum absolute atomic E-state index is 0.0152. The van der Waals surface area contributed by atoms with Crippen LogP contribution in [0.25, 0.3) is 0 Å². The van der Waals surface area contributed by atoms with E-state index < -0.39 is 12.3 Å². The van der Waals surface area contributed by atoms with Gasteiger partial charge >= 0.3 is 5.97 Å². The third kappa shape index (κ3) is 2.87. The second kappa shape index (κ2) is 4.09. The van der Waals surface area contributed by atoms with Gasteiger partial charge in [-0.1, -0.05) is 44.0 Å². The van der Waals surface area contributed by atoms with Crippen LogP contribution in [-0.2, 0) is 14.3 Å². The fourth-order valence-electron chi connectivity index (χ4n) is 0.835. The molecule has 0 N–H and O–H groups in total. The molecule has 0 aromatic carbocycles. The minimum atomic E-state index is -0.837. The van der Waals surface area contributed by atoms with Gasteiger partial charge in [0.15, 0.2) is 0 Å². The van der Waals surface area contributed by atoms with Gasteiger partial charge < -0.3 is 9.47 Å². The third-order valence-electron chi connectivity index (χ3n) is 1.48.